The largest absolute Gasteiger partial charge is 0.389 e. The van der Waals surface area contributed by atoms with E-state index in [9.17, 15) is 0 Å². The summed E-state index contributed by atoms with van der Waals surface area (Å²) in [6.45, 7) is 4.38. The van der Waals surface area contributed by atoms with Crippen LogP contribution in [0.2, 0.25) is 5.02 Å². The summed E-state index contributed by atoms with van der Waals surface area (Å²) in [6, 6.07) is 5.59. The van der Waals surface area contributed by atoms with Crippen molar-refractivity contribution in [2.75, 3.05) is 31.5 Å². The van der Waals surface area contributed by atoms with Crippen molar-refractivity contribution in [3.63, 3.8) is 0 Å². The highest BCUT2D eigenvalue weighted by molar-refractivity contribution is 7.80. The zero-order valence-corrected chi connectivity index (χ0v) is 11.9. The number of nitrogens with zero attached hydrogens (tertiary/aromatic N) is 1. The van der Waals surface area contributed by atoms with Crippen molar-refractivity contribution in [2.24, 2.45) is 5.73 Å². The minimum atomic E-state index is 0.376. The van der Waals surface area contributed by atoms with E-state index >= 15 is 0 Å². The predicted octanol–water partition coefficient (Wildman–Crippen LogP) is 2.48. The molecule has 0 aromatic heterocycles. The molecule has 0 saturated carbocycles. The van der Waals surface area contributed by atoms with Crippen molar-refractivity contribution < 1.29 is 0 Å². The lowest BCUT2D eigenvalue weighted by Gasteiger charge is -2.17. The first-order valence-electron chi connectivity index (χ1n) is 6.22. The second-order valence-corrected chi connectivity index (χ2v) is 5.41. The van der Waals surface area contributed by atoms with E-state index in [4.69, 9.17) is 29.6 Å². The molecule has 3 N–H and O–H groups in total. The Kier molecular flexibility index (Phi) is 4.80. The van der Waals surface area contributed by atoms with Crippen LogP contribution in [-0.4, -0.2) is 36.1 Å². The molecule has 1 heterocycles. The van der Waals surface area contributed by atoms with Crippen LogP contribution in [-0.2, 0) is 0 Å². The zero-order valence-electron chi connectivity index (χ0n) is 10.3. The van der Waals surface area contributed by atoms with Crippen molar-refractivity contribution in [3.8, 4) is 0 Å². The van der Waals surface area contributed by atoms with Gasteiger partial charge in [0.1, 0.15) is 4.99 Å². The number of nitrogens with one attached hydrogen (secondary N) is 1. The first kappa shape index (κ1) is 13.6. The van der Waals surface area contributed by atoms with Crippen LogP contribution in [0.3, 0.4) is 0 Å². The highest BCUT2D eigenvalue weighted by Crippen LogP contribution is 2.20. The van der Waals surface area contributed by atoms with E-state index in [2.05, 4.69) is 10.2 Å². The second-order valence-electron chi connectivity index (χ2n) is 4.53. The van der Waals surface area contributed by atoms with Crippen LogP contribution in [0, 0.1) is 0 Å². The molecule has 1 aliphatic rings. The average molecular weight is 284 g/mol. The van der Waals surface area contributed by atoms with Gasteiger partial charge in [-0.3, -0.25) is 0 Å². The number of halogens is 1. The minimum absolute atomic E-state index is 0.376. The third kappa shape index (κ3) is 3.57. The molecule has 0 amide bonds. The Morgan fingerprint density at radius 3 is 2.78 bits per heavy atom. The summed E-state index contributed by atoms with van der Waals surface area (Å²) in [5.41, 5.74) is 7.48. The Bertz CT molecular complexity index is 430. The number of nitrogens with two attached hydrogens (primary N) is 1. The third-order valence-corrected chi connectivity index (χ3v) is 3.64. The van der Waals surface area contributed by atoms with E-state index in [0.29, 0.717) is 10.0 Å². The maximum absolute atomic E-state index is 5.95. The number of rotatable bonds is 5. The minimum Gasteiger partial charge on any atom is -0.389 e. The molecule has 0 aliphatic carbocycles. The van der Waals surface area contributed by atoms with Gasteiger partial charge in [-0.2, -0.15) is 0 Å². The van der Waals surface area contributed by atoms with Crippen LogP contribution in [0.25, 0.3) is 0 Å². The third-order valence-electron chi connectivity index (χ3n) is 3.19. The number of hydrogen-bond donors (Lipinski definition) is 2. The number of hydrogen-bond acceptors (Lipinski definition) is 3. The molecule has 1 aliphatic heterocycles. The SMILES string of the molecule is NC(=S)c1cc(Cl)ccc1NCCN1CCCC1. The fraction of sp³-hybridized carbons (Fsp3) is 0.462. The fourth-order valence-corrected chi connectivity index (χ4v) is 2.57. The van der Waals surface area contributed by atoms with Gasteiger partial charge in [0.25, 0.3) is 0 Å². The fourth-order valence-electron chi connectivity index (χ4n) is 2.23. The lowest BCUT2D eigenvalue weighted by atomic mass is 10.2. The van der Waals surface area contributed by atoms with Gasteiger partial charge in [0.05, 0.1) is 0 Å². The standard InChI is InChI=1S/C13H18ClN3S/c14-10-3-4-12(11(9-10)13(15)18)16-5-8-17-6-1-2-7-17/h3-4,9,16H,1-2,5-8H2,(H2,15,18). The van der Waals surface area contributed by atoms with Crippen molar-refractivity contribution in [2.45, 2.75) is 12.8 Å². The highest BCUT2D eigenvalue weighted by Gasteiger charge is 2.11. The van der Waals surface area contributed by atoms with Crippen molar-refractivity contribution >= 4 is 34.5 Å². The van der Waals surface area contributed by atoms with Crippen LogP contribution >= 0.6 is 23.8 Å². The molecule has 1 saturated heterocycles. The molecule has 5 heteroatoms. The zero-order chi connectivity index (χ0) is 13.0. The summed E-state index contributed by atoms with van der Waals surface area (Å²) in [7, 11) is 0. The molecule has 1 fully saturated rings. The maximum Gasteiger partial charge on any atom is 0.106 e. The first-order chi connectivity index (χ1) is 8.66. The predicted molar refractivity (Wildman–Crippen MR) is 81.5 cm³/mol. The van der Waals surface area contributed by atoms with Crippen LogP contribution in [0.4, 0.5) is 5.69 Å². The quantitative estimate of drug-likeness (QED) is 0.815. The molecule has 18 heavy (non-hydrogen) atoms. The summed E-state index contributed by atoms with van der Waals surface area (Å²) in [6.07, 6.45) is 2.64. The van der Waals surface area contributed by atoms with Crippen LogP contribution in [0.1, 0.15) is 18.4 Å². The molecule has 0 bridgehead atoms. The van der Waals surface area contributed by atoms with E-state index < -0.39 is 0 Å². The molecule has 0 unspecified atom stereocenters. The molecule has 98 valence electrons. The van der Waals surface area contributed by atoms with Gasteiger partial charge in [-0.05, 0) is 44.1 Å². The Labute approximate surface area is 118 Å². The Hall–Kier alpha value is -0.840. The van der Waals surface area contributed by atoms with Crippen LogP contribution in [0.15, 0.2) is 18.2 Å². The Balaban J connectivity index is 1.93. The van der Waals surface area contributed by atoms with E-state index in [0.717, 1.165) is 24.3 Å². The monoisotopic (exact) mass is 283 g/mol. The number of thiocarbonyl (C=S) groups is 1. The van der Waals surface area contributed by atoms with Crippen molar-refractivity contribution in [1.82, 2.24) is 4.90 Å². The lowest BCUT2D eigenvalue weighted by Crippen LogP contribution is -2.26. The van der Waals surface area contributed by atoms with E-state index in [1.54, 1.807) is 0 Å². The second kappa shape index (κ2) is 6.36. The van der Waals surface area contributed by atoms with Gasteiger partial charge in [0, 0.05) is 29.4 Å². The molecule has 0 radical (unpaired) electrons. The van der Waals surface area contributed by atoms with Gasteiger partial charge in [0.2, 0.25) is 0 Å². The molecular weight excluding hydrogens is 266 g/mol. The number of anilines is 1. The molecular formula is C13H18ClN3S. The van der Waals surface area contributed by atoms with Gasteiger partial charge >= 0.3 is 0 Å². The molecule has 2 rings (SSSR count). The van der Waals surface area contributed by atoms with Crippen LogP contribution in [0.5, 0.6) is 0 Å². The Morgan fingerprint density at radius 1 is 1.39 bits per heavy atom. The van der Waals surface area contributed by atoms with Gasteiger partial charge in [-0.15, -0.1) is 0 Å². The number of benzene rings is 1. The smallest absolute Gasteiger partial charge is 0.106 e. The van der Waals surface area contributed by atoms with Gasteiger partial charge < -0.3 is 16.0 Å². The molecule has 0 atom stereocenters. The molecule has 1 aromatic rings. The maximum atomic E-state index is 5.95. The van der Waals surface area contributed by atoms with Gasteiger partial charge in [-0.25, -0.2) is 0 Å². The number of likely N-dealkylation sites (tertiary alicyclic amines) is 1. The highest BCUT2D eigenvalue weighted by atomic mass is 35.5. The molecule has 0 spiro atoms. The van der Waals surface area contributed by atoms with Gasteiger partial charge in [-0.1, -0.05) is 23.8 Å². The van der Waals surface area contributed by atoms with Gasteiger partial charge in [0.15, 0.2) is 0 Å². The summed E-state index contributed by atoms with van der Waals surface area (Å²) < 4.78 is 0. The Morgan fingerprint density at radius 2 is 2.11 bits per heavy atom. The van der Waals surface area contributed by atoms with Crippen LogP contribution < -0.4 is 11.1 Å². The van der Waals surface area contributed by atoms with E-state index in [1.807, 2.05) is 18.2 Å². The summed E-state index contributed by atoms with van der Waals surface area (Å²) in [4.78, 5) is 2.84. The van der Waals surface area contributed by atoms with E-state index in [-0.39, 0.29) is 0 Å². The van der Waals surface area contributed by atoms with Crippen molar-refractivity contribution in [1.29, 1.82) is 0 Å². The van der Waals surface area contributed by atoms with E-state index in [1.165, 1.54) is 25.9 Å². The first-order valence-corrected chi connectivity index (χ1v) is 7.01. The summed E-state index contributed by atoms with van der Waals surface area (Å²) in [5, 5.41) is 4.04. The summed E-state index contributed by atoms with van der Waals surface area (Å²) >= 11 is 11.0. The average Bonchev–Trinajstić information content (AvgIpc) is 2.84. The molecule has 3 nitrogen and oxygen atoms in total. The normalized spacial score (nSPS) is 15.8. The topological polar surface area (TPSA) is 41.3 Å². The summed E-state index contributed by atoms with van der Waals surface area (Å²) in [5.74, 6) is 0. The van der Waals surface area contributed by atoms with Crippen molar-refractivity contribution in [3.05, 3.63) is 28.8 Å². The molecule has 1 aromatic carbocycles. The lowest BCUT2D eigenvalue weighted by molar-refractivity contribution is 0.352.